The van der Waals surface area contributed by atoms with Crippen LogP contribution in [-0.2, 0) is 6.54 Å². The second-order valence-corrected chi connectivity index (χ2v) is 8.37. The van der Waals surface area contributed by atoms with Gasteiger partial charge in [-0.3, -0.25) is 9.48 Å². The first-order chi connectivity index (χ1) is 12.9. The molecule has 1 atom stereocenters. The van der Waals surface area contributed by atoms with Crippen LogP contribution in [0.1, 0.15) is 78.2 Å². The normalized spacial score (nSPS) is 16.5. The molecule has 0 bridgehead atoms. The summed E-state index contributed by atoms with van der Waals surface area (Å²) in [5, 5.41) is 7.65. The highest BCUT2D eigenvalue weighted by atomic mass is 16.1. The minimum absolute atomic E-state index is 0.0466. The van der Waals surface area contributed by atoms with Gasteiger partial charge in [0.15, 0.2) is 0 Å². The van der Waals surface area contributed by atoms with Gasteiger partial charge in [-0.05, 0) is 58.6 Å². The van der Waals surface area contributed by atoms with Crippen molar-refractivity contribution in [1.29, 1.82) is 0 Å². The Morgan fingerprint density at radius 2 is 1.85 bits per heavy atom. The molecule has 148 valence electrons. The Bertz CT molecular complexity index is 796. The Labute approximate surface area is 163 Å². The summed E-state index contributed by atoms with van der Waals surface area (Å²) in [6.45, 7) is 11.9. The van der Waals surface area contributed by atoms with Crippen LogP contribution in [0.15, 0.2) is 12.1 Å². The standard InChI is InChI=1S/C22H34N4O/c1-15(14-25-17(3)11-16(2)24-25)13-23-22(27)21-12-18(4)26(19(21)5)20-9-7-6-8-10-20/h11-12,15,20H,6-10,13-14H2,1-5H3,(H,23,27). The number of amides is 1. The molecule has 1 aliphatic rings. The number of nitrogens with zero attached hydrogens (tertiary/aromatic N) is 3. The van der Waals surface area contributed by atoms with Crippen LogP contribution in [-0.4, -0.2) is 26.8 Å². The number of nitrogens with one attached hydrogen (secondary N) is 1. The van der Waals surface area contributed by atoms with Crippen LogP contribution in [0.2, 0.25) is 0 Å². The quantitative estimate of drug-likeness (QED) is 0.814. The summed E-state index contributed by atoms with van der Waals surface area (Å²) in [4.78, 5) is 12.8. The smallest absolute Gasteiger partial charge is 0.253 e. The van der Waals surface area contributed by atoms with E-state index in [-0.39, 0.29) is 5.91 Å². The zero-order valence-corrected chi connectivity index (χ0v) is 17.5. The van der Waals surface area contributed by atoms with Gasteiger partial charge in [-0.15, -0.1) is 0 Å². The van der Waals surface area contributed by atoms with E-state index in [1.807, 2.05) is 11.6 Å². The first kappa shape index (κ1) is 19.7. The monoisotopic (exact) mass is 370 g/mol. The van der Waals surface area contributed by atoms with Crippen molar-refractivity contribution in [3.8, 4) is 0 Å². The maximum atomic E-state index is 12.8. The Balaban J connectivity index is 1.61. The molecule has 2 aromatic heterocycles. The highest BCUT2D eigenvalue weighted by molar-refractivity contribution is 5.95. The molecule has 1 saturated carbocycles. The van der Waals surface area contributed by atoms with Gasteiger partial charge >= 0.3 is 0 Å². The predicted octanol–water partition coefficient (Wildman–Crippen LogP) is 4.49. The molecule has 1 fully saturated rings. The van der Waals surface area contributed by atoms with Crippen molar-refractivity contribution < 1.29 is 4.79 Å². The lowest BCUT2D eigenvalue weighted by Crippen LogP contribution is -2.30. The number of carbonyl (C=O) groups is 1. The molecule has 1 N–H and O–H groups in total. The van der Waals surface area contributed by atoms with Gasteiger partial charge in [0.1, 0.15) is 0 Å². The van der Waals surface area contributed by atoms with E-state index >= 15 is 0 Å². The maximum absolute atomic E-state index is 12.8. The Morgan fingerprint density at radius 3 is 2.48 bits per heavy atom. The molecule has 0 radical (unpaired) electrons. The molecule has 1 unspecified atom stereocenters. The predicted molar refractivity (Wildman–Crippen MR) is 109 cm³/mol. The molecule has 0 aliphatic heterocycles. The highest BCUT2D eigenvalue weighted by Gasteiger charge is 2.22. The third-order valence-electron chi connectivity index (χ3n) is 5.87. The molecule has 2 heterocycles. The van der Waals surface area contributed by atoms with Crippen molar-refractivity contribution in [1.82, 2.24) is 19.7 Å². The lowest BCUT2D eigenvalue weighted by molar-refractivity contribution is 0.0945. The van der Waals surface area contributed by atoms with Crippen molar-refractivity contribution in [2.24, 2.45) is 5.92 Å². The van der Waals surface area contributed by atoms with Crippen LogP contribution >= 0.6 is 0 Å². The van der Waals surface area contributed by atoms with Gasteiger partial charge in [-0.2, -0.15) is 5.10 Å². The van der Waals surface area contributed by atoms with Crippen molar-refractivity contribution in [3.63, 3.8) is 0 Å². The van der Waals surface area contributed by atoms with Crippen LogP contribution in [0, 0.1) is 33.6 Å². The van der Waals surface area contributed by atoms with Crippen LogP contribution in [0.25, 0.3) is 0 Å². The molecule has 5 nitrogen and oxygen atoms in total. The number of rotatable bonds is 6. The number of hydrogen-bond acceptors (Lipinski definition) is 2. The van der Waals surface area contributed by atoms with E-state index < -0.39 is 0 Å². The van der Waals surface area contributed by atoms with Gasteiger partial charge in [0.05, 0.1) is 11.3 Å². The minimum atomic E-state index is 0.0466. The van der Waals surface area contributed by atoms with Crippen LogP contribution < -0.4 is 5.32 Å². The highest BCUT2D eigenvalue weighted by Crippen LogP contribution is 2.32. The van der Waals surface area contributed by atoms with Crippen molar-refractivity contribution in [2.75, 3.05) is 6.54 Å². The average molecular weight is 371 g/mol. The second kappa shape index (κ2) is 8.32. The molecule has 0 spiro atoms. The minimum Gasteiger partial charge on any atom is -0.352 e. The fourth-order valence-electron chi connectivity index (χ4n) is 4.49. The van der Waals surface area contributed by atoms with E-state index in [0.717, 1.165) is 23.5 Å². The van der Waals surface area contributed by atoms with Crippen LogP contribution in [0.4, 0.5) is 0 Å². The molecule has 5 heteroatoms. The zero-order chi connectivity index (χ0) is 19.6. The van der Waals surface area contributed by atoms with E-state index in [1.54, 1.807) is 0 Å². The lowest BCUT2D eigenvalue weighted by Gasteiger charge is -2.26. The van der Waals surface area contributed by atoms with Gasteiger partial charge in [0.2, 0.25) is 0 Å². The largest absolute Gasteiger partial charge is 0.352 e. The summed E-state index contributed by atoms with van der Waals surface area (Å²) < 4.78 is 4.43. The number of hydrogen-bond donors (Lipinski definition) is 1. The van der Waals surface area contributed by atoms with E-state index in [9.17, 15) is 4.79 Å². The Morgan fingerprint density at radius 1 is 1.15 bits per heavy atom. The Hall–Kier alpha value is -2.04. The third-order valence-corrected chi connectivity index (χ3v) is 5.87. The number of aromatic nitrogens is 3. The van der Waals surface area contributed by atoms with E-state index in [0.29, 0.717) is 18.5 Å². The summed E-state index contributed by atoms with van der Waals surface area (Å²) >= 11 is 0. The molecule has 27 heavy (non-hydrogen) atoms. The van der Waals surface area contributed by atoms with Gasteiger partial charge in [-0.25, -0.2) is 0 Å². The number of carbonyl (C=O) groups excluding carboxylic acids is 1. The van der Waals surface area contributed by atoms with Crippen molar-refractivity contribution >= 4 is 5.91 Å². The molecule has 1 aliphatic carbocycles. The molecule has 0 aromatic carbocycles. The van der Waals surface area contributed by atoms with Crippen LogP contribution in [0.5, 0.6) is 0 Å². The van der Waals surface area contributed by atoms with E-state index in [2.05, 4.69) is 54.8 Å². The molecular formula is C22H34N4O. The van der Waals surface area contributed by atoms with Gasteiger partial charge in [0.25, 0.3) is 5.91 Å². The number of aryl methyl sites for hydroxylation is 3. The van der Waals surface area contributed by atoms with Gasteiger partial charge < -0.3 is 9.88 Å². The first-order valence-corrected chi connectivity index (χ1v) is 10.3. The SMILES string of the molecule is Cc1cc(C)n(CC(C)CNC(=O)c2cc(C)n(C3CCCCC3)c2C)n1. The fourth-order valence-corrected chi connectivity index (χ4v) is 4.49. The van der Waals surface area contributed by atoms with Crippen LogP contribution in [0.3, 0.4) is 0 Å². The summed E-state index contributed by atoms with van der Waals surface area (Å²) in [5.74, 6) is 0.374. The maximum Gasteiger partial charge on any atom is 0.253 e. The van der Waals surface area contributed by atoms with E-state index in [4.69, 9.17) is 0 Å². The van der Waals surface area contributed by atoms with Crippen molar-refractivity contribution in [3.05, 3.63) is 40.5 Å². The zero-order valence-electron chi connectivity index (χ0n) is 17.5. The Kier molecular flexibility index (Phi) is 6.08. The molecular weight excluding hydrogens is 336 g/mol. The van der Waals surface area contributed by atoms with Gasteiger partial charge in [-0.1, -0.05) is 26.2 Å². The molecule has 1 amide bonds. The first-order valence-electron chi connectivity index (χ1n) is 10.3. The average Bonchev–Trinajstić information content (AvgIpc) is 3.11. The molecule has 2 aromatic rings. The summed E-state index contributed by atoms with van der Waals surface area (Å²) in [7, 11) is 0. The summed E-state index contributed by atoms with van der Waals surface area (Å²) in [6.07, 6.45) is 6.41. The molecule has 0 saturated heterocycles. The summed E-state index contributed by atoms with van der Waals surface area (Å²) in [5.41, 5.74) is 5.36. The lowest BCUT2D eigenvalue weighted by atomic mass is 9.95. The second-order valence-electron chi connectivity index (χ2n) is 8.37. The van der Waals surface area contributed by atoms with E-state index in [1.165, 1.54) is 43.5 Å². The van der Waals surface area contributed by atoms with Gasteiger partial charge in [0, 0.05) is 36.2 Å². The molecule has 3 rings (SSSR count). The summed E-state index contributed by atoms with van der Waals surface area (Å²) in [6, 6.07) is 4.71. The fraction of sp³-hybridized carbons (Fsp3) is 0.636. The topological polar surface area (TPSA) is 51.9 Å². The van der Waals surface area contributed by atoms with Crippen molar-refractivity contribution in [2.45, 2.75) is 79.3 Å². The third kappa shape index (κ3) is 4.45.